The Balaban J connectivity index is 1.44. The molecule has 0 bridgehead atoms. The third-order valence-electron chi connectivity index (χ3n) is 5.32. The number of carbonyl (C=O) groups excluding carboxylic acids is 1. The van der Waals surface area contributed by atoms with Crippen molar-refractivity contribution in [2.24, 2.45) is 0 Å². The van der Waals surface area contributed by atoms with Crippen LogP contribution >= 0.6 is 11.6 Å². The second-order valence-corrected chi connectivity index (χ2v) is 8.18. The molecule has 1 aliphatic rings. The number of ether oxygens (including phenoxy) is 1. The molecule has 7 nitrogen and oxygen atoms in total. The summed E-state index contributed by atoms with van der Waals surface area (Å²) in [6, 6.07) is 18.8. The summed E-state index contributed by atoms with van der Waals surface area (Å²) in [7, 11) is 2.15. The highest BCUT2D eigenvalue weighted by atomic mass is 35.5. The summed E-state index contributed by atoms with van der Waals surface area (Å²) in [5, 5.41) is 6.37. The topological polar surface area (TPSA) is 69.7 Å². The minimum atomic E-state index is -0.298. The highest BCUT2D eigenvalue weighted by molar-refractivity contribution is 6.31. The van der Waals surface area contributed by atoms with Crippen LogP contribution in [0.2, 0.25) is 5.02 Å². The van der Waals surface area contributed by atoms with Gasteiger partial charge in [0.25, 0.3) is 0 Å². The predicted molar refractivity (Wildman–Crippen MR) is 134 cm³/mol. The largest absolute Gasteiger partial charge is 0.437 e. The number of benzene rings is 2. The van der Waals surface area contributed by atoms with Gasteiger partial charge in [-0.2, -0.15) is 4.98 Å². The van der Waals surface area contributed by atoms with E-state index in [1.54, 1.807) is 36.4 Å². The molecule has 1 aromatic heterocycles. The van der Waals surface area contributed by atoms with Gasteiger partial charge in [0.2, 0.25) is 11.8 Å². The molecule has 2 N–H and O–H groups in total. The van der Waals surface area contributed by atoms with Crippen molar-refractivity contribution in [3.05, 3.63) is 78.3 Å². The highest BCUT2D eigenvalue weighted by Crippen LogP contribution is 2.31. The Morgan fingerprint density at radius 2 is 1.82 bits per heavy atom. The number of halogens is 1. The fraction of sp³-hybridized carbons (Fsp3) is 0.200. The predicted octanol–water partition coefficient (Wildman–Crippen LogP) is 5.15. The number of piperazine rings is 1. The third kappa shape index (κ3) is 6.03. The molecule has 1 saturated heterocycles. The number of rotatable bonds is 7. The minimum Gasteiger partial charge on any atom is -0.437 e. The number of nitrogens with zero attached hydrogens (tertiary/aromatic N) is 3. The summed E-state index contributed by atoms with van der Waals surface area (Å²) >= 11 is 6.31. The number of anilines is 4. The van der Waals surface area contributed by atoms with E-state index in [4.69, 9.17) is 16.3 Å². The fourth-order valence-electron chi connectivity index (χ4n) is 3.48. The summed E-state index contributed by atoms with van der Waals surface area (Å²) < 4.78 is 5.88. The summed E-state index contributed by atoms with van der Waals surface area (Å²) in [6.07, 6.45) is 1.21. The molecule has 1 amide bonds. The number of amides is 1. The van der Waals surface area contributed by atoms with Crippen molar-refractivity contribution in [1.82, 2.24) is 9.88 Å². The molecule has 0 saturated carbocycles. The number of hydrogen-bond donors (Lipinski definition) is 2. The van der Waals surface area contributed by atoms with E-state index in [0.717, 1.165) is 31.9 Å². The number of likely N-dealkylation sites (N-methyl/N-ethyl adjacent to an activating group) is 1. The maximum atomic E-state index is 11.5. The Morgan fingerprint density at radius 3 is 2.55 bits per heavy atom. The van der Waals surface area contributed by atoms with Crippen LogP contribution in [0.3, 0.4) is 0 Å². The molecule has 1 fully saturated rings. The Labute approximate surface area is 198 Å². The summed E-state index contributed by atoms with van der Waals surface area (Å²) in [4.78, 5) is 20.8. The number of hydrogen-bond acceptors (Lipinski definition) is 6. The Bertz CT molecular complexity index is 1130. The summed E-state index contributed by atoms with van der Waals surface area (Å²) in [6.45, 7) is 7.65. The second-order valence-electron chi connectivity index (χ2n) is 7.77. The quantitative estimate of drug-likeness (QED) is 0.472. The summed E-state index contributed by atoms with van der Waals surface area (Å²) in [5.74, 6) is 1.08. The minimum absolute atomic E-state index is 0.267. The molecule has 0 radical (unpaired) electrons. The van der Waals surface area contributed by atoms with Gasteiger partial charge in [0.15, 0.2) is 0 Å². The van der Waals surface area contributed by atoms with Gasteiger partial charge in [0, 0.05) is 49.3 Å². The number of pyridine rings is 1. The van der Waals surface area contributed by atoms with Gasteiger partial charge in [-0.05, 0) is 61.7 Å². The number of carbonyl (C=O) groups is 1. The van der Waals surface area contributed by atoms with Gasteiger partial charge >= 0.3 is 0 Å². The van der Waals surface area contributed by atoms with Crippen LogP contribution < -0.4 is 20.3 Å². The van der Waals surface area contributed by atoms with Crippen LogP contribution in [0.1, 0.15) is 0 Å². The molecule has 0 unspecified atom stereocenters. The molecule has 0 spiro atoms. The molecular formula is C25H26ClN5O2. The van der Waals surface area contributed by atoms with Crippen molar-refractivity contribution < 1.29 is 9.53 Å². The van der Waals surface area contributed by atoms with Crippen molar-refractivity contribution in [1.29, 1.82) is 0 Å². The van der Waals surface area contributed by atoms with E-state index in [1.807, 2.05) is 12.1 Å². The monoisotopic (exact) mass is 463 g/mol. The fourth-order valence-corrected chi connectivity index (χ4v) is 3.62. The van der Waals surface area contributed by atoms with Gasteiger partial charge in [-0.25, -0.2) is 0 Å². The molecule has 170 valence electrons. The Kier molecular flexibility index (Phi) is 7.12. The zero-order valence-electron chi connectivity index (χ0n) is 18.4. The molecule has 8 heteroatoms. The van der Waals surface area contributed by atoms with Crippen LogP contribution in [0.5, 0.6) is 11.6 Å². The lowest BCUT2D eigenvalue weighted by Gasteiger charge is -2.34. The van der Waals surface area contributed by atoms with Gasteiger partial charge in [0.1, 0.15) is 16.6 Å². The maximum Gasteiger partial charge on any atom is 0.247 e. The first kappa shape index (κ1) is 22.6. The van der Waals surface area contributed by atoms with Gasteiger partial charge in [0.05, 0.1) is 0 Å². The molecule has 0 aliphatic carbocycles. The van der Waals surface area contributed by atoms with E-state index >= 15 is 0 Å². The molecular weight excluding hydrogens is 438 g/mol. The molecule has 0 atom stereocenters. The van der Waals surface area contributed by atoms with Gasteiger partial charge < -0.3 is 25.2 Å². The van der Waals surface area contributed by atoms with Crippen LogP contribution in [0.4, 0.5) is 22.9 Å². The molecule has 33 heavy (non-hydrogen) atoms. The zero-order valence-corrected chi connectivity index (χ0v) is 19.2. The van der Waals surface area contributed by atoms with Crippen LogP contribution in [-0.4, -0.2) is 49.0 Å². The Morgan fingerprint density at radius 1 is 1.06 bits per heavy atom. The van der Waals surface area contributed by atoms with E-state index in [1.165, 1.54) is 11.8 Å². The lowest BCUT2D eigenvalue weighted by molar-refractivity contribution is -0.111. The van der Waals surface area contributed by atoms with Crippen LogP contribution in [0.15, 0.2) is 73.3 Å². The molecule has 3 aromatic rings. The SMILES string of the molecule is C=CC(=O)Nc1cccc(Oc2nc(Nc3ccc(N4CCN(C)CC4)cc3)ccc2Cl)c1. The van der Waals surface area contributed by atoms with Crippen molar-refractivity contribution >= 4 is 40.4 Å². The number of aromatic nitrogens is 1. The highest BCUT2D eigenvalue weighted by Gasteiger charge is 2.14. The van der Waals surface area contributed by atoms with E-state index in [-0.39, 0.29) is 11.8 Å². The average molecular weight is 464 g/mol. The standard InChI is InChI=1S/C25H26ClN5O2/c1-3-24(32)28-19-5-4-6-21(17-19)33-25-22(26)11-12-23(29-25)27-18-7-9-20(10-8-18)31-15-13-30(2)14-16-31/h3-12,17H,1,13-16H2,2H3,(H,27,29)(H,28,32). The van der Waals surface area contributed by atoms with Gasteiger partial charge in [-0.15, -0.1) is 0 Å². The van der Waals surface area contributed by atoms with Crippen LogP contribution in [0, 0.1) is 0 Å². The molecule has 2 heterocycles. The van der Waals surface area contributed by atoms with E-state index < -0.39 is 0 Å². The second kappa shape index (κ2) is 10.4. The first-order valence-electron chi connectivity index (χ1n) is 10.7. The smallest absolute Gasteiger partial charge is 0.247 e. The van der Waals surface area contributed by atoms with Gasteiger partial charge in [-0.3, -0.25) is 4.79 Å². The van der Waals surface area contributed by atoms with Crippen LogP contribution in [-0.2, 0) is 4.79 Å². The van der Waals surface area contributed by atoms with Crippen molar-refractivity contribution in [3.63, 3.8) is 0 Å². The normalized spacial score (nSPS) is 13.9. The first-order chi connectivity index (χ1) is 16.0. The van der Waals surface area contributed by atoms with Gasteiger partial charge in [-0.1, -0.05) is 24.2 Å². The summed E-state index contributed by atoms with van der Waals surface area (Å²) in [5.41, 5.74) is 2.72. The zero-order chi connectivity index (χ0) is 23.2. The van der Waals surface area contributed by atoms with Crippen molar-refractivity contribution in [2.45, 2.75) is 0 Å². The van der Waals surface area contributed by atoms with Crippen molar-refractivity contribution in [2.75, 3.05) is 48.8 Å². The molecule has 4 rings (SSSR count). The van der Waals surface area contributed by atoms with E-state index in [9.17, 15) is 4.79 Å². The van der Waals surface area contributed by atoms with E-state index in [0.29, 0.717) is 22.3 Å². The first-order valence-corrected chi connectivity index (χ1v) is 11.1. The molecule has 2 aromatic carbocycles. The lowest BCUT2D eigenvalue weighted by Crippen LogP contribution is -2.44. The maximum absolute atomic E-state index is 11.5. The lowest BCUT2D eigenvalue weighted by atomic mass is 10.2. The van der Waals surface area contributed by atoms with Crippen LogP contribution in [0.25, 0.3) is 0 Å². The number of nitrogens with one attached hydrogen (secondary N) is 2. The van der Waals surface area contributed by atoms with Crippen molar-refractivity contribution in [3.8, 4) is 11.6 Å². The third-order valence-corrected chi connectivity index (χ3v) is 5.61. The molecule has 1 aliphatic heterocycles. The Hall–Kier alpha value is -3.55. The average Bonchev–Trinajstić information content (AvgIpc) is 2.82. The van der Waals surface area contributed by atoms with E-state index in [2.05, 4.69) is 51.2 Å².